The summed E-state index contributed by atoms with van der Waals surface area (Å²) in [5, 5.41) is 13.1. The third kappa shape index (κ3) is 4.47. The molecule has 1 aliphatic heterocycles. The lowest BCUT2D eigenvalue weighted by Crippen LogP contribution is -2.47. The summed E-state index contributed by atoms with van der Waals surface area (Å²) in [6.07, 6.45) is 1.35. The average molecular weight is 388 g/mol. The summed E-state index contributed by atoms with van der Waals surface area (Å²) >= 11 is 1.58. The Morgan fingerprint density at radius 1 is 1.30 bits per heavy atom. The van der Waals surface area contributed by atoms with Gasteiger partial charge in [-0.25, -0.2) is 9.78 Å². The van der Waals surface area contributed by atoms with Gasteiger partial charge < -0.3 is 15.3 Å². The quantitative estimate of drug-likeness (QED) is 0.831. The Bertz CT molecular complexity index is 831. The van der Waals surface area contributed by atoms with Crippen LogP contribution in [0.15, 0.2) is 24.3 Å². The number of likely N-dealkylation sites (tertiary alicyclic amines) is 1. The van der Waals surface area contributed by atoms with Crippen molar-refractivity contribution >= 4 is 23.3 Å². The van der Waals surface area contributed by atoms with Crippen LogP contribution in [0.25, 0.3) is 10.6 Å². The Labute approximate surface area is 163 Å². The molecule has 1 saturated heterocycles. The summed E-state index contributed by atoms with van der Waals surface area (Å²) in [7, 11) is 0. The Morgan fingerprint density at radius 3 is 2.67 bits per heavy atom. The number of benzene rings is 1. The second kappa shape index (κ2) is 8.08. The first-order chi connectivity index (χ1) is 12.8. The molecule has 0 spiro atoms. The maximum atomic E-state index is 12.6. The van der Waals surface area contributed by atoms with E-state index in [0.717, 1.165) is 27.6 Å². The lowest BCUT2D eigenvalue weighted by Gasteiger charge is -2.31. The predicted molar refractivity (Wildman–Crippen MR) is 106 cm³/mol. The van der Waals surface area contributed by atoms with Crippen molar-refractivity contribution in [2.24, 2.45) is 5.92 Å². The number of amides is 2. The van der Waals surface area contributed by atoms with E-state index in [0.29, 0.717) is 13.0 Å². The first kappa shape index (κ1) is 19.4. The van der Waals surface area contributed by atoms with E-state index in [9.17, 15) is 14.7 Å². The first-order valence-electron chi connectivity index (χ1n) is 9.17. The van der Waals surface area contributed by atoms with Crippen LogP contribution in [0.5, 0.6) is 0 Å². The molecule has 7 heteroatoms. The van der Waals surface area contributed by atoms with Gasteiger partial charge in [-0.2, -0.15) is 0 Å². The number of hydrogen-bond donors (Lipinski definition) is 2. The number of carbonyl (C=O) groups excluding carboxylic acids is 1. The molecule has 1 fully saturated rings. The third-order valence-electron chi connectivity index (χ3n) is 4.92. The fourth-order valence-corrected chi connectivity index (χ4v) is 4.41. The number of aryl methyl sites for hydroxylation is 2. The Hall–Kier alpha value is -2.41. The Balaban J connectivity index is 1.69. The lowest BCUT2D eigenvalue weighted by molar-refractivity contribution is -0.143. The van der Waals surface area contributed by atoms with Gasteiger partial charge in [0.1, 0.15) is 5.01 Å². The van der Waals surface area contributed by atoms with Gasteiger partial charge in [0.2, 0.25) is 0 Å². The summed E-state index contributed by atoms with van der Waals surface area (Å²) in [5.41, 5.74) is 3.18. The van der Waals surface area contributed by atoms with E-state index in [1.165, 1.54) is 5.56 Å². The van der Waals surface area contributed by atoms with Crippen LogP contribution < -0.4 is 5.32 Å². The van der Waals surface area contributed by atoms with Crippen LogP contribution in [0.1, 0.15) is 41.9 Å². The van der Waals surface area contributed by atoms with Crippen molar-refractivity contribution in [1.82, 2.24) is 15.2 Å². The molecule has 0 saturated carbocycles. The molecule has 0 bridgehead atoms. The first-order valence-corrected chi connectivity index (χ1v) is 9.99. The normalized spacial score (nSPS) is 18.2. The number of nitrogens with zero attached hydrogens (tertiary/aromatic N) is 2. The van der Waals surface area contributed by atoms with Crippen molar-refractivity contribution in [3.8, 4) is 10.6 Å². The van der Waals surface area contributed by atoms with E-state index in [4.69, 9.17) is 0 Å². The standard InChI is InChI=1S/C20H25N3O3S/c1-12-6-8-15(9-7-12)18-21-13(2)17(27-18)14(3)22-20(26)23-10-4-5-16(11-23)19(24)25/h6-9,14,16H,4-5,10-11H2,1-3H3,(H,22,26)(H,24,25). The topological polar surface area (TPSA) is 82.5 Å². The van der Waals surface area contributed by atoms with Crippen molar-refractivity contribution in [2.45, 2.75) is 39.7 Å². The highest BCUT2D eigenvalue weighted by Crippen LogP contribution is 2.32. The summed E-state index contributed by atoms with van der Waals surface area (Å²) in [6, 6.07) is 7.84. The highest BCUT2D eigenvalue weighted by atomic mass is 32.1. The average Bonchev–Trinajstić information content (AvgIpc) is 3.04. The number of hydrogen-bond acceptors (Lipinski definition) is 4. The van der Waals surface area contributed by atoms with Crippen molar-refractivity contribution in [3.63, 3.8) is 0 Å². The minimum absolute atomic E-state index is 0.181. The molecule has 1 aromatic carbocycles. The van der Waals surface area contributed by atoms with Crippen molar-refractivity contribution < 1.29 is 14.7 Å². The van der Waals surface area contributed by atoms with Crippen LogP contribution >= 0.6 is 11.3 Å². The van der Waals surface area contributed by atoms with Crippen LogP contribution in [-0.4, -0.2) is 40.1 Å². The zero-order chi connectivity index (χ0) is 19.6. The lowest BCUT2D eigenvalue weighted by atomic mass is 9.99. The minimum atomic E-state index is -0.832. The number of piperidine rings is 1. The summed E-state index contributed by atoms with van der Waals surface area (Å²) in [5.74, 6) is -1.31. The molecule has 2 heterocycles. The molecule has 2 unspecified atom stereocenters. The van der Waals surface area contributed by atoms with Crippen LogP contribution in [0.3, 0.4) is 0 Å². The number of rotatable bonds is 4. The SMILES string of the molecule is Cc1ccc(-c2nc(C)c(C(C)NC(=O)N3CCCC(C(=O)O)C3)s2)cc1. The number of carboxylic acid groups (broad SMARTS) is 1. The zero-order valence-electron chi connectivity index (χ0n) is 15.9. The van der Waals surface area contributed by atoms with Gasteiger partial charge in [0.05, 0.1) is 22.5 Å². The van der Waals surface area contributed by atoms with Crippen molar-refractivity contribution in [2.75, 3.05) is 13.1 Å². The van der Waals surface area contributed by atoms with E-state index in [-0.39, 0.29) is 18.6 Å². The summed E-state index contributed by atoms with van der Waals surface area (Å²) in [4.78, 5) is 31.1. The van der Waals surface area contributed by atoms with Gasteiger partial charge in [0, 0.05) is 18.7 Å². The molecule has 144 valence electrons. The highest BCUT2D eigenvalue weighted by molar-refractivity contribution is 7.15. The van der Waals surface area contributed by atoms with Gasteiger partial charge in [0.25, 0.3) is 0 Å². The van der Waals surface area contributed by atoms with Crippen molar-refractivity contribution in [1.29, 1.82) is 0 Å². The van der Waals surface area contributed by atoms with Gasteiger partial charge in [-0.3, -0.25) is 4.79 Å². The van der Waals surface area contributed by atoms with Gasteiger partial charge in [-0.15, -0.1) is 11.3 Å². The second-order valence-corrected chi connectivity index (χ2v) is 8.16. The summed E-state index contributed by atoms with van der Waals surface area (Å²) in [6.45, 7) is 6.81. The maximum Gasteiger partial charge on any atom is 0.317 e. The Kier molecular flexibility index (Phi) is 5.79. The Morgan fingerprint density at radius 2 is 2.00 bits per heavy atom. The molecular weight excluding hydrogens is 362 g/mol. The molecule has 1 aromatic heterocycles. The number of thiazole rings is 1. The van der Waals surface area contributed by atoms with E-state index >= 15 is 0 Å². The summed E-state index contributed by atoms with van der Waals surface area (Å²) < 4.78 is 0. The molecule has 2 N–H and O–H groups in total. The molecule has 2 atom stereocenters. The molecule has 2 amide bonds. The number of aliphatic carboxylic acids is 1. The number of carboxylic acids is 1. The van der Waals surface area contributed by atoms with Gasteiger partial charge in [-0.1, -0.05) is 29.8 Å². The molecule has 3 rings (SSSR count). The number of aromatic nitrogens is 1. The molecule has 27 heavy (non-hydrogen) atoms. The third-order valence-corrected chi connectivity index (χ3v) is 6.31. The van der Waals surface area contributed by atoms with E-state index in [1.54, 1.807) is 16.2 Å². The molecule has 0 aliphatic carbocycles. The van der Waals surface area contributed by atoms with E-state index < -0.39 is 11.9 Å². The van der Waals surface area contributed by atoms with Crippen molar-refractivity contribution in [3.05, 3.63) is 40.4 Å². The highest BCUT2D eigenvalue weighted by Gasteiger charge is 2.29. The number of carbonyl (C=O) groups is 2. The second-order valence-electron chi connectivity index (χ2n) is 7.13. The smallest absolute Gasteiger partial charge is 0.317 e. The minimum Gasteiger partial charge on any atom is -0.481 e. The molecule has 0 radical (unpaired) electrons. The number of nitrogens with one attached hydrogen (secondary N) is 1. The largest absolute Gasteiger partial charge is 0.481 e. The van der Waals surface area contributed by atoms with Crippen LogP contribution in [0.4, 0.5) is 4.79 Å². The molecular formula is C20H25N3O3S. The van der Waals surface area contributed by atoms with E-state index in [2.05, 4.69) is 41.5 Å². The number of urea groups is 1. The van der Waals surface area contributed by atoms with E-state index in [1.807, 2.05) is 13.8 Å². The molecule has 1 aliphatic rings. The fraction of sp³-hybridized carbons (Fsp3) is 0.450. The fourth-order valence-electron chi connectivity index (χ4n) is 3.33. The predicted octanol–water partition coefficient (Wildman–Crippen LogP) is 3.99. The van der Waals surface area contributed by atoms with Gasteiger partial charge in [-0.05, 0) is 33.6 Å². The monoisotopic (exact) mass is 387 g/mol. The van der Waals surface area contributed by atoms with Crippen LogP contribution in [0, 0.1) is 19.8 Å². The molecule has 2 aromatic rings. The molecule has 6 nitrogen and oxygen atoms in total. The van der Waals surface area contributed by atoms with Crippen LogP contribution in [-0.2, 0) is 4.79 Å². The van der Waals surface area contributed by atoms with Crippen LogP contribution in [0.2, 0.25) is 0 Å². The van der Waals surface area contributed by atoms with Gasteiger partial charge in [0.15, 0.2) is 0 Å². The zero-order valence-corrected chi connectivity index (χ0v) is 16.7. The maximum absolute atomic E-state index is 12.6. The van der Waals surface area contributed by atoms with Gasteiger partial charge >= 0.3 is 12.0 Å².